The molecule has 0 amide bonds. The van der Waals surface area contributed by atoms with Gasteiger partial charge in [0.15, 0.2) is 5.96 Å². The van der Waals surface area contributed by atoms with Crippen LogP contribution in [0.1, 0.15) is 25.3 Å². The van der Waals surface area contributed by atoms with Crippen molar-refractivity contribution in [3.63, 3.8) is 0 Å². The second-order valence-electron chi connectivity index (χ2n) is 6.91. The molecule has 0 spiro atoms. The quantitative estimate of drug-likeness (QED) is 0.331. The number of halogens is 1. The Hall–Kier alpha value is -2.00. The van der Waals surface area contributed by atoms with Crippen molar-refractivity contribution in [2.24, 2.45) is 10.7 Å². The molecule has 0 atom stereocenters. The van der Waals surface area contributed by atoms with Crippen LogP contribution < -0.4 is 20.5 Å². The van der Waals surface area contributed by atoms with Gasteiger partial charge in [0.25, 0.3) is 0 Å². The number of ether oxygens (including phenoxy) is 3. The van der Waals surface area contributed by atoms with Gasteiger partial charge in [-0.05, 0) is 61.7 Å². The largest absolute Gasteiger partial charge is 0.497 e. The van der Waals surface area contributed by atoms with Crippen LogP contribution in [-0.4, -0.2) is 39.4 Å². The lowest BCUT2D eigenvalue weighted by atomic mass is 9.74. The van der Waals surface area contributed by atoms with Crippen LogP contribution in [0.4, 0.5) is 5.69 Å². The summed E-state index contributed by atoms with van der Waals surface area (Å²) in [7, 11) is 1.65. The number of nitrogens with two attached hydrogens (primary N) is 1. The summed E-state index contributed by atoms with van der Waals surface area (Å²) in [6.07, 6.45) is 1.83. The molecule has 0 aliphatic carbocycles. The van der Waals surface area contributed by atoms with Gasteiger partial charge in [-0.1, -0.05) is 12.1 Å². The van der Waals surface area contributed by atoms with Crippen molar-refractivity contribution in [1.82, 2.24) is 0 Å². The van der Waals surface area contributed by atoms with Crippen molar-refractivity contribution in [3.05, 3.63) is 54.1 Å². The zero-order valence-electron chi connectivity index (χ0n) is 17.0. The van der Waals surface area contributed by atoms with Crippen LogP contribution in [0, 0.1) is 0 Å². The van der Waals surface area contributed by atoms with Crippen LogP contribution in [0.25, 0.3) is 0 Å². The highest BCUT2D eigenvalue weighted by Crippen LogP contribution is 2.36. The van der Waals surface area contributed by atoms with Crippen LogP contribution in [0.15, 0.2) is 53.5 Å². The average molecular weight is 511 g/mol. The number of aliphatic imine (C=N–C) groups is 1. The predicted octanol–water partition coefficient (Wildman–Crippen LogP) is 4.19. The van der Waals surface area contributed by atoms with Crippen molar-refractivity contribution in [1.29, 1.82) is 0 Å². The minimum atomic E-state index is -0.0742. The van der Waals surface area contributed by atoms with Gasteiger partial charge < -0.3 is 25.3 Å². The molecule has 29 heavy (non-hydrogen) atoms. The molecule has 0 unspecified atom stereocenters. The normalized spacial score (nSPS) is 15.9. The number of benzene rings is 2. The standard InChI is InChI=1S/C22H29N3O3.HI/c1-3-28-20-8-4-17(5-9-20)22(12-14-27-15-13-22)16-24-21(23)25-18-6-10-19(26-2)11-7-18;/h4-11H,3,12-16H2,1-2H3,(H3,23,24,25);1H. The van der Waals surface area contributed by atoms with Gasteiger partial charge in [-0.2, -0.15) is 0 Å². The monoisotopic (exact) mass is 511 g/mol. The molecule has 2 aromatic carbocycles. The molecule has 158 valence electrons. The molecule has 6 nitrogen and oxygen atoms in total. The first kappa shape index (κ1) is 23.3. The van der Waals surface area contributed by atoms with Crippen LogP contribution in [0.5, 0.6) is 11.5 Å². The summed E-state index contributed by atoms with van der Waals surface area (Å²) in [5.74, 6) is 2.09. The molecule has 0 bridgehead atoms. The Balaban J connectivity index is 0.00000300. The molecule has 3 N–H and O–H groups in total. The summed E-state index contributed by atoms with van der Waals surface area (Å²) in [5.41, 5.74) is 8.21. The molecule has 1 heterocycles. The van der Waals surface area contributed by atoms with E-state index < -0.39 is 0 Å². The van der Waals surface area contributed by atoms with E-state index in [-0.39, 0.29) is 29.4 Å². The first-order valence-electron chi connectivity index (χ1n) is 9.67. The first-order valence-corrected chi connectivity index (χ1v) is 9.67. The summed E-state index contributed by atoms with van der Waals surface area (Å²) in [6.45, 7) is 4.72. The Morgan fingerprint density at radius 1 is 1.07 bits per heavy atom. The van der Waals surface area contributed by atoms with Crippen LogP contribution in [0.3, 0.4) is 0 Å². The third kappa shape index (κ3) is 6.24. The minimum absolute atomic E-state index is 0. The number of hydrogen-bond acceptors (Lipinski definition) is 4. The average Bonchev–Trinajstić information content (AvgIpc) is 2.74. The highest BCUT2D eigenvalue weighted by Gasteiger charge is 2.34. The summed E-state index contributed by atoms with van der Waals surface area (Å²) in [5, 5.41) is 3.15. The third-order valence-corrected chi connectivity index (χ3v) is 5.14. The van der Waals surface area contributed by atoms with E-state index in [1.165, 1.54) is 5.56 Å². The molecule has 0 aromatic heterocycles. The van der Waals surface area contributed by atoms with Crippen molar-refractivity contribution < 1.29 is 14.2 Å². The molecular weight excluding hydrogens is 481 g/mol. The fourth-order valence-electron chi connectivity index (χ4n) is 3.47. The number of hydrogen-bond donors (Lipinski definition) is 2. The highest BCUT2D eigenvalue weighted by molar-refractivity contribution is 14.0. The van der Waals surface area contributed by atoms with E-state index >= 15 is 0 Å². The Bertz CT molecular complexity index is 773. The summed E-state index contributed by atoms with van der Waals surface area (Å²) in [4.78, 5) is 4.66. The molecular formula is C22H30IN3O3. The van der Waals surface area contributed by atoms with Crippen molar-refractivity contribution >= 4 is 35.6 Å². The van der Waals surface area contributed by atoms with Gasteiger partial charge in [0.05, 0.1) is 20.3 Å². The van der Waals surface area contributed by atoms with E-state index in [4.69, 9.17) is 19.9 Å². The van der Waals surface area contributed by atoms with Crippen molar-refractivity contribution in [2.75, 3.05) is 38.8 Å². The SMILES string of the molecule is CCOc1ccc(C2(CN=C(N)Nc3ccc(OC)cc3)CCOCC2)cc1.I. The number of nitrogens with zero attached hydrogens (tertiary/aromatic N) is 1. The number of methoxy groups -OCH3 is 1. The fourth-order valence-corrected chi connectivity index (χ4v) is 3.47. The molecule has 1 fully saturated rings. The maximum absolute atomic E-state index is 6.15. The topological polar surface area (TPSA) is 78.1 Å². The molecule has 0 saturated carbocycles. The second-order valence-corrected chi connectivity index (χ2v) is 6.91. The lowest BCUT2D eigenvalue weighted by Crippen LogP contribution is -2.38. The maximum Gasteiger partial charge on any atom is 0.193 e. The van der Waals surface area contributed by atoms with Crippen molar-refractivity contribution in [3.8, 4) is 11.5 Å². The molecule has 2 aromatic rings. The van der Waals surface area contributed by atoms with E-state index in [0.29, 0.717) is 19.1 Å². The minimum Gasteiger partial charge on any atom is -0.497 e. The van der Waals surface area contributed by atoms with Gasteiger partial charge in [0, 0.05) is 24.3 Å². The van der Waals surface area contributed by atoms with Gasteiger partial charge in [-0.25, -0.2) is 0 Å². The van der Waals surface area contributed by atoms with Crippen molar-refractivity contribution in [2.45, 2.75) is 25.2 Å². The van der Waals surface area contributed by atoms with E-state index in [1.54, 1.807) is 7.11 Å². The molecule has 1 saturated heterocycles. The smallest absolute Gasteiger partial charge is 0.193 e. The summed E-state index contributed by atoms with van der Waals surface area (Å²) >= 11 is 0. The van der Waals surface area contributed by atoms with E-state index in [2.05, 4.69) is 22.4 Å². The Kier molecular flexibility index (Phi) is 9.03. The molecule has 7 heteroatoms. The zero-order chi connectivity index (χ0) is 19.8. The first-order chi connectivity index (χ1) is 13.6. The van der Waals surface area contributed by atoms with E-state index in [1.807, 2.05) is 43.3 Å². The fraction of sp³-hybridized carbons (Fsp3) is 0.409. The number of rotatable bonds is 7. The number of anilines is 1. The Morgan fingerprint density at radius 3 is 2.28 bits per heavy atom. The van der Waals surface area contributed by atoms with Gasteiger partial charge >= 0.3 is 0 Å². The predicted molar refractivity (Wildman–Crippen MR) is 128 cm³/mol. The van der Waals surface area contributed by atoms with Gasteiger partial charge in [-0.3, -0.25) is 4.99 Å². The van der Waals surface area contributed by atoms with Crippen LogP contribution in [0.2, 0.25) is 0 Å². The third-order valence-electron chi connectivity index (χ3n) is 5.14. The van der Waals surface area contributed by atoms with Gasteiger partial charge in [0.2, 0.25) is 0 Å². The molecule has 1 aliphatic rings. The van der Waals surface area contributed by atoms with Gasteiger partial charge in [0.1, 0.15) is 11.5 Å². The van der Waals surface area contributed by atoms with E-state index in [9.17, 15) is 0 Å². The molecule has 3 rings (SSSR count). The second kappa shape index (κ2) is 11.3. The number of nitrogens with one attached hydrogen (secondary N) is 1. The Morgan fingerprint density at radius 2 is 1.69 bits per heavy atom. The molecule has 1 aliphatic heterocycles. The van der Waals surface area contributed by atoms with Crippen LogP contribution >= 0.6 is 24.0 Å². The lowest BCUT2D eigenvalue weighted by Gasteiger charge is -2.36. The Labute approximate surface area is 189 Å². The van der Waals surface area contributed by atoms with Gasteiger partial charge in [-0.15, -0.1) is 24.0 Å². The van der Waals surface area contributed by atoms with E-state index in [0.717, 1.165) is 43.2 Å². The summed E-state index contributed by atoms with van der Waals surface area (Å²) < 4.78 is 16.3. The van der Waals surface area contributed by atoms with Crippen LogP contribution in [-0.2, 0) is 10.2 Å². The maximum atomic E-state index is 6.15. The molecule has 0 radical (unpaired) electrons. The zero-order valence-corrected chi connectivity index (χ0v) is 19.3. The number of guanidine groups is 1. The summed E-state index contributed by atoms with van der Waals surface area (Å²) in [6, 6.07) is 15.9. The lowest BCUT2D eigenvalue weighted by molar-refractivity contribution is 0.0531. The highest BCUT2D eigenvalue weighted by atomic mass is 127.